The normalized spacial score (nSPS) is 19.3. The first-order valence-corrected chi connectivity index (χ1v) is 13.8. The van der Waals surface area contributed by atoms with E-state index in [-0.39, 0.29) is 29.8 Å². The average Bonchev–Trinajstić information content (AvgIpc) is 3.21. The highest BCUT2D eigenvalue weighted by atomic mass is 16.6. The minimum Gasteiger partial charge on any atom is -0.497 e. The Kier molecular flexibility index (Phi) is 12.2. The molecule has 1 saturated heterocycles. The summed E-state index contributed by atoms with van der Waals surface area (Å²) in [5, 5.41) is 3.04. The number of rotatable bonds is 14. The Morgan fingerprint density at radius 1 is 1.08 bits per heavy atom. The Balaban J connectivity index is 2.24. The number of benzene rings is 1. The number of hydrogen-bond donors (Lipinski definition) is 1. The van der Waals surface area contributed by atoms with Crippen LogP contribution in [0.25, 0.3) is 0 Å². The summed E-state index contributed by atoms with van der Waals surface area (Å²) in [6.07, 6.45) is 1.88. The van der Waals surface area contributed by atoms with E-state index in [9.17, 15) is 9.59 Å². The van der Waals surface area contributed by atoms with Gasteiger partial charge in [-0.05, 0) is 75.5 Å². The first kappa shape index (κ1) is 31.7. The molecular weight excluding hydrogens is 486 g/mol. The highest BCUT2D eigenvalue weighted by Gasteiger charge is 2.42. The van der Waals surface area contributed by atoms with Crippen LogP contribution in [0.4, 0.5) is 4.79 Å². The molecule has 8 nitrogen and oxygen atoms in total. The van der Waals surface area contributed by atoms with E-state index in [2.05, 4.69) is 19.2 Å². The van der Waals surface area contributed by atoms with Crippen molar-refractivity contribution in [3.8, 4) is 11.5 Å². The van der Waals surface area contributed by atoms with Crippen molar-refractivity contribution in [3.63, 3.8) is 0 Å². The lowest BCUT2D eigenvalue weighted by molar-refractivity contribution is -0.146. The molecule has 2 rings (SSSR count). The van der Waals surface area contributed by atoms with Gasteiger partial charge in [0.2, 0.25) is 0 Å². The molecular formula is C30H49NO7. The molecule has 1 amide bonds. The van der Waals surface area contributed by atoms with Crippen molar-refractivity contribution >= 4 is 12.1 Å². The molecule has 4 atom stereocenters. The van der Waals surface area contributed by atoms with Gasteiger partial charge in [0, 0.05) is 26.2 Å². The zero-order chi connectivity index (χ0) is 28.5. The van der Waals surface area contributed by atoms with E-state index in [1.165, 1.54) is 0 Å². The summed E-state index contributed by atoms with van der Waals surface area (Å²) in [5.41, 5.74) is 0.461. The van der Waals surface area contributed by atoms with E-state index < -0.39 is 17.8 Å². The monoisotopic (exact) mass is 535 g/mol. The number of hydrogen-bond acceptors (Lipinski definition) is 7. The number of carbonyl (C=O) groups excluding carboxylic acids is 2. The second-order valence-corrected chi connectivity index (χ2v) is 12.0. The van der Waals surface area contributed by atoms with Crippen LogP contribution in [0.15, 0.2) is 18.2 Å². The number of methoxy groups -OCH3 is 2. The number of ether oxygens (including phenoxy) is 5. The summed E-state index contributed by atoms with van der Waals surface area (Å²) in [7, 11) is 3.32. The summed E-state index contributed by atoms with van der Waals surface area (Å²) < 4.78 is 28.0. The lowest BCUT2D eigenvalue weighted by Gasteiger charge is -2.31. The highest BCUT2D eigenvalue weighted by Crippen LogP contribution is 2.34. The first-order chi connectivity index (χ1) is 17.8. The molecule has 216 valence electrons. The Morgan fingerprint density at radius 2 is 1.76 bits per heavy atom. The molecule has 1 N–H and O–H groups in total. The van der Waals surface area contributed by atoms with Crippen LogP contribution < -0.4 is 14.8 Å². The topological polar surface area (TPSA) is 92.3 Å². The standard InChI is InChI=1S/C30H49NO7/c1-19(2)22(13-21-14-23(35-9)17-24(15-21)36-12-10-11-34-8)16-26(31-29(33)38-30(5,6)7)27-18-25(20(3)4)28(32)37-27/h14-15,17,19-20,22,25-27H,10-13,16,18H2,1-9H3,(H,31,33)/t22-,25-,26-,27-/m0/s1. The van der Waals surface area contributed by atoms with Gasteiger partial charge in [-0.1, -0.05) is 27.7 Å². The molecule has 1 aromatic carbocycles. The molecule has 1 aliphatic rings. The Bertz CT molecular complexity index is 893. The molecule has 1 aliphatic heterocycles. The van der Waals surface area contributed by atoms with Crippen LogP contribution in [0, 0.1) is 23.7 Å². The van der Waals surface area contributed by atoms with Gasteiger partial charge in [0.1, 0.15) is 23.2 Å². The molecule has 0 saturated carbocycles. The summed E-state index contributed by atoms with van der Waals surface area (Å²) in [4.78, 5) is 25.4. The van der Waals surface area contributed by atoms with Gasteiger partial charge in [-0.3, -0.25) is 4.79 Å². The van der Waals surface area contributed by atoms with Crippen LogP contribution in [0.3, 0.4) is 0 Å². The Morgan fingerprint density at radius 3 is 2.32 bits per heavy atom. The van der Waals surface area contributed by atoms with Crippen molar-refractivity contribution in [1.82, 2.24) is 5.32 Å². The van der Waals surface area contributed by atoms with E-state index in [0.717, 1.165) is 29.9 Å². The fraction of sp³-hybridized carbons (Fsp3) is 0.733. The van der Waals surface area contributed by atoms with E-state index >= 15 is 0 Å². The zero-order valence-electron chi connectivity index (χ0n) is 24.8. The lowest BCUT2D eigenvalue weighted by atomic mass is 9.81. The average molecular weight is 536 g/mol. The molecule has 1 aromatic rings. The number of cyclic esters (lactones) is 1. The Labute approximate surface area is 229 Å². The molecule has 1 heterocycles. The number of alkyl carbamates (subject to hydrolysis) is 1. The smallest absolute Gasteiger partial charge is 0.408 e. The maximum absolute atomic E-state index is 12.8. The van der Waals surface area contributed by atoms with Gasteiger partial charge < -0.3 is 29.0 Å². The van der Waals surface area contributed by atoms with Crippen LogP contribution >= 0.6 is 0 Å². The van der Waals surface area contributed by atoms with Crippen LogP contribution in [0.2, 0.25) is 0 Å². The van der Waals surface area contributed by atoms with E-state index in [0.29, 0.717) is 32.0 Å². The zero-order valence-corrected chi connectivity index (χ0v) is 24.8. The maximum Gasteiger partial charge on any atom is 0.408 e. The van der Waals surface area contributed by atoms with Gasteiger partial charge in [-0.2, -0.15) is 0 Å². The second kappa shape index (κ2) is 14.6. The summed E-state index contributed by atoms with van der Waals surface area (Å²) >= 11 is 0. The van der Waals surface area contributed by atoms with Crippen LogP contribution in [-0.4, -0.2) is 57.2 Å². The van der Waals surface area contributed by atoms with Gasteiger partial charge in [-0.25, -0.2) is 4.79 Å². The quantitative estimate of drug-likeness (QED) is 0.238. The Hall–Kier alpha value is -2.48. The summed E-state index contributed by atoms with van der Waals surface area (Å²) in [6.45, 7) is 15.1. The summed E-state index contributed by atoms with van der Waals surface area (Å²) in [6, 6.07) is 5.60. The van der Waals surface area contributed by atoms with Crippen molar-refractivity contribution in [1.29, 1.82) is 0 Å². The lowest BCUT2D eigenvalue weighted by Crippen LogP contribution is -2.47. The van der Waals surface area contributed by atoms with Gasteiger partial charge in [0.05, 0.1) is 25.7 Å². The molecule has 0 bridgehead atoms. The first-order valence-electron chi connectivity index (χ1n) is 13.8. The van der Waals surface area contributed by atoms with Crippen molar-refractivity contribution in [2.75, 3.05) is 27.4 Å². The minimum absolute atomic E-state index is 0.170. The van der Waals surface area contributed by atoms with Crippen LogP contribution in [0.1, 0.15) is 73.3 Å². The molecule has 0 radical (unpaired) electrons. The molecule has 0 aromatic heterocycles. The predicted molar refractivity (Wildman–Crippen MR) is 148 cm³/mol. The second-order valence-electron chi connectivity index (χ2n) is 12.0. The SMILES string of the molecule is COCCCOc1cc(C[C@@H](C[C@H](NC(=O)OC(C)(C)C)[C@@H]2C[C@@H](C(C)C)C(=O)O2)C(C)C)cc(OC)c1. The van der Waals surface area contributed by atoms with Crippen LogP contribution in [-0.2, 0) is 25.4 Å². The maximum atomic E-state index is 12.8. The third kappa shape index (κ3) is 10.4. The molecule has 0 spiro atoms. The molecule has 0 aliphatic carbocycles. The van der Waals surface area contributed by atoms with Crippen molar-refractivity contribution in [2.45, 2.75) is 91.9 Å². The third-order valence-electron chi connectivity index (χ3n) is 6.95. The van der Waals surface area contributed by atoms with E-state index in [1.807, 2.05) is 52.8 Å². The molecule has 0 unspecified atom stereocenters. The highest BCUT2D eigenvalue weighted by molar-refractivity contribution is 5.75. The summed E-state index contributed by atoms with van der Waals surface area (Å²) in [5.74, 6) is 1.82. The number of carbonyl (C=O) groups is 2. The largest absolute Gasteiger partial charge is 0.497 e. The number of nitrogens with one attached hydrogen (secondary N) is 1. The van der Waals surface area contributed by atoms with Gasteiger partial charge in [0.25, 0.3) is 0 Å². The fourth-order valence-corrected chi connectivity index (χ4v) is 4.75. The fourth-order valence-electron chi connectivity index (χ4n) is 4.75. The van der Waals surface area contributed by atoms with E-state index in [4.69, 9.17) is 23.7 Å². The van der Waals surface area contributed by atoms with Crippen LogP contribution in [0.5, 0.6) is 11.5 Å². The third-order valence-corrected chi connectivity index (χ3v) is 6.95. The van der Waals surface area contributed by atoms with Gasteiger partial charge in [0.15, 0.2) is 0 Å². The number of amides is 1. The van der Waals surface area contributed by atoms with Gasteiger partial charge >= 0.3 is 12.1 Å². The van der Waals surface area contributed by atoms with E-state index in [1.54, 1.807) is 14.2 Å². The van der Waals surface area contributed by atoms with Crippen molar-refractivity contribution in [3.05, 3.63) is 23.8 Å². The molecule has 1 fully saturated rings. The molecule has 38 heavy (non-hydrogen) atoms. The number of esters is 1. The molecule has 8 heteroatoms. The van der Waals surface area contributed by atoms with Crippen molar-refractivity contribution in [2.24, 2.45) is 23.7 Å². The predicted octanol–water partition coefficient (Wildman–Crippen LogP) is 5.80. The van der Waals surface area contributed by atoms with Gasteiger partial charge in [-0.15, -0.1) is 0 Å². The van der Waals surface area contributed by atoms with Crippen molar-refractivity contribution < 1.29 is 33.3 Å². The minimum atomic E-state index is -0.626.